The minimum atomic E-state index is -1.08. The van der Waals surface area contributed by atoms with Crippen molar-refractivity contribution in [2.24, 2.45) is 5.92 Å². The van der Waals surface area contributed by atoms with Crippen LogP contribution in [0.15, 0.2) is 0 Å². The normalized spacial score (nSPS) is 17.1. The lowest BCUT2D eigenvalue weighted by Gasteiger charge is -2.25. The van der Waals surface area contributed by atoms with Gasteiger partial charge in [-0.3, -0.25) is 0 Å². The Bertz CT molecular complexity index is 325. The van der Waals surface area contributed by atoms with Gasteiger partial charge in [0, 0.05) is 13.2 Å². The molecule has 0 atom stereocenters. The molecular weight excluding hydrogens is 260 g/mol. The summed E-state index contributed by atoms with van der Waals surface area (Å²) in [5.74, 6) is -0.345. The molecule has 6 nitrogen and oxygen atoms in total. The van der Waals surface area contributed by atoms with Gasteiger partial charge in [-0.25, -0.2) is 9.59 Å². The van der Waals surface area contributed by atoms with E-state index in [0.717, 1.165) is 19.3 Å². The molecule has 0 radical (unpaired) electrons. The van der Waals surface area contributed by atoms with Gasteiger partial charge in [0.15, 0.2) is 0 Å². The van der Waals surface area contributed by atoms with Gasteiger partial charge in [0.1, 0.15) is 5.54 Å². The maximum atomic E-state index is 11.7. The Morgan fingerprint density at radius 2 is 1.90 bits per heavy atom. The average Bonchev–Trinajstić information content (AvgIpc) is 2.83. The zero-order valence-corrected chi connectivity index (χ0v) is 12.4. The highest BCUT2D eigenvalue weighted by Gasteiger charge is 2.42. The highest BCUT2D eigenvalue weighted by Crippen LogP contribution is 2.29. The van der Waals surface area contributed by atoms with Crippen LogP contribution in [0.1, 0.15) is 46.0 Å². The summed E-state index contributed by atoms with van der Waals surface area (Å²) in [6.07, 6.45) is 3.67. The van der Waals surface area contributed by atoms with Crippen LogP contribution in [-0.4, -0.2) is 42.4 Å². The monoisotopic (exact) mass is 286 g/mol. The SMILES string of the molecule is CC(C)CCOCCNC(=O)NC1(C(=O)O)CCCC1. The number of hydrogen-bond acceptors (Lipinski definition) is 3. The third kappa shape index (κ3) is 5.36. The minimum absolute atomic E-state index is 0.389. The van der Waals surface area contributed by atoms with Crippen LogP contribution in [0.2, 0.25) is 0 Å². The van der Waals surface area contributed by atoms with Crippen molar-refractivity contribution in [3.05, 3.63) is 0 Å². The molecule has 0 aliphatic heterocycles. The van der Waals surface area contributed by atoms with E-state index in [1.54, 1.807) is 0 Å². The smallest absolute Gasteiger partial charge is 0.329 e. The van der Waals surface area contributed by atoms with Gasteiger partial charge in [0.05, 0.1) is 6.61 Å². The first-order valence-corrected chi connectivity index (χ1v) is 7.33. The van der Waals surface area contributed by atoms with Crippen LogP contribution >= 0.6 is 0 Å². The number of carboxylic acid groups (broad SMARTS) is 1. The van der Waals surface area contributed by atoms with Gasteiger partial charge in [0.25, 0.3) is 0 Å². The quantitative estimate of drug-likeness (QED) is 0.593. The number of carboxylic acids is 1. The molecule has 6 heteroatoms. The Hall–Kier alpha value is -1.30. The summed E-state index contributed by atoms with van der Waals surface area (Å²) in [4.78, 5) is 23.0. The largest absolute Gasteiger partial charge is 0.480 e. The zero-order valence-electron chi connectivity index (χ0n) is 12.4. The van der Waals surface area contributed by atoms with Gasteiger partial charge in [-0.1, -0.05) is 26.7 Å². The summed E-state index contributed by atoms with van der Waals surface area (Å²) in [5.41, 5.74) is -1.08. The first-order valence-electron chi connectivity index (χ1n) is 7.33. The summed E-state index contributed by atoms with van der Waals surface area (Å²) in [6, 6.07) is -0.429. The van der Waals surface area contributed by atoms with E-state index in [1.165, 1.54) is 0 Å². The Morgan fingerprint density at radius 1 is 1.25 bits per heavy atom. The van der Waals surface area contributed by atoms with Crippen LogP contribution in [0.3, 0.4) is 0 Å². The summed E-state index contributed by atoms with van der Waals surface area (Å²) in [5, 5.41) is 14.5. The number of carbonyl (C=O) groups is 2. The Balaban J connectivity index is 2.18. The second-order valence-corrected chi connectivity index (χ2v) is 5.77. The molecule has 1 saturated carbocycles. The van der Waals surface area contributed by atoms with Gasteiger partial charge in [-0.15, -0.1) is 0 Å². The van der Waals surface area contributed by atoms with Crippen molar-refractivity contribution in [1.82, 2.24) is 10.6 Å². The maximum absolute atomic E-state index is 11.7. The first kappa shape index (κ1) is 16.8. The van der Waals surface area contributed by atoms with Crippen LogP contribution in [0, 0.1) is 5.92 Å². The lowest BCUT2D eigenvalue weighted by atomic mass is 9.98. The Morgan fingerprint density at radius 3 is 2.45 bits per heavy atom. The topological polar surface area (TPSA) is 87.7 Å². The molecule has 2 amide bonds. The van der Waals surface area contributed by atoms with Crippen LogP contribution in [0.25, 0.3) is 0 Å². The lowest BCUT2D eigenvalue weighted by Crippen LogP contribution is -2.55. The number of ether oxygens (including phenoxy) is 1. The second-order valence-electron chi connectivity index (χ2n) is 5.77. The number of aliphatic carboxylic acids is 1. The van der Waals surface area contributed by atoms with E-state index in [4.69, 9.17) is 4.74 Å². The predicted molar refractivity (Wildman–Crippen MR) is 75.6 cm³/mol. The second kappa shape index (κ2) is 8.09. The van der Waals surface area contributed by atoms with Gasteiger partial charge < -0.3 is 20.5 Å². The van der Waals surface area contributed by atoms with Crippen LogP contribution in [-0.2, 0) is 9.53 Å². The molecule has 0 heterocycles. The highest BCUT2D eigenvalue weighted by molar-refractivity contribution is 5.86. The molecule has 1 fully saturated rings. The third-order valence-corrected chi connectivity index (χ3v) is 3.59. The summed E-state index contributed by atoms with van der Waals surface area (Å²) >= 11 is 0. The first-order chi connectivity index (χ1) is 9.46. The maximum Gasteiger partial charge on any atom is 0.329 e. The average molecular weight is 286 g/mol. The fraction of sp³-hybridized carbons (Fsp3) is 0.857. The van der Waals surface area contributed by atoms with Crippen molar-refractivity contribution < 1.29 is 19.4 Å². The van der Waals surface area contributed by atoms with E-state index >= 15 is 0 Å². The van der Waals surface area contributed by atoms with Crippen molar-refractivity contribution in [3.8, 4) is 0 Å². The summed E-state index contributed by atoms with van der Waals surface area (Å²) in [6.45, 7) is 5.77. The molecule has 116 valence electrons. The lowest BCUT2D eigenvalue weighted by molar-refractivity contribution is -0.144. The van der Waals surface area contributed by atoms with Crippen LogP contribution in [0.5, 0.6) is 0 Å². The molecule has 0 bridgehead atoms. The Kier molecular flexibility index (Phi) is 6.78. The molecular formula is C14H26N2O4. The standard InChI is InChI=1S/C14H26N2O4/c1-11(2)5-9-20-10-8-15-13(19)16-14(12(17)18)6-3-4-7-14/h11H,3-10H2,1-2H3,(H,17,18)(H2,15,16,19). The fourth-order valence-electron chi connectivity index (χ4n) is 2.29. The highest BCUT2D eigenvalue weighted by atomic mass is 16.5. The van der Waals surface area contributed by atoms with E-state index in [-0.39, 0.29) is 0 Å². The van der Waals surface area contributed by atoms with Crippen molar-refractivity contribution in [2.75, 3.05) is 19.8 Å². The molecule has 1 rings (SSSR count). The predicted octanol–water partition coefficient (Wildman–Crippen LogP) is 1.75. The van der Waals surface area contributed by atoms with E-state index in [1.807, 2.05) is 0 Å². The Labute approximate surface area is 120 Å². The number of amides is 2. The molecule has 0 saturated heterocycles. The fourth-order valence-corrected chi connectivity index (χ4v) is 2.29. The third-order valence-electron chi connectivity index (χ3n) is 3.59. The van der Waals surface area contributed by atoms with Gasteiger partial charge in [-0.2, -0.15) is 0 Å². The van der Waals surface area contributed by atoms with E-state index in [2.05, 4.69) is 24.5 Å². The molecule has 0 aromatic rings. The molecule has 1 aliphatic rings. The van der Waals surface area contributed by atoms with E-state index in [9.17, 15) is 14.7 Å². The number of urea groups is 1. The summed E-state index contributed by atoms with van der Waals surface area (Å²) in [7, 11) is 0. The zero-order chi connectivity index (χ0) is 15.0. The molecule has 3 N–H and O–H groups in total. The number of nitrogens with one attached hydrogen (secondary N) is 2. The van der Waals surface area contributed by atoms with E-state index in [0.29, 0.717) is 38.5 Å². The molecule has 0 aromatic heterocycles. The molecule has 0 aromatic carbocycles. The molecule has 0 unspecified atom stereocenters. The van der Waals surface area contributed by atoms with Gasteiger partial charge in [-0.05, 0) is 25.2 Å². The molecule has 0 spiro atoms. The van der Waals surface area contributed by atoms with Crippen molar-refractivity contribution in [2.45, 2.75) is 51.5 Å². The minimum Gasteiger partial charge on any atom is -0.480 e. The van der Waals surface area contributed by atoms with Gasteiger partial charge >= 0.3 is 12.0 Å². The molecule has 1 aliphatic carbocycles. The number of hydrogen-bond donors (Lipinski definition) is 3. The number of rotatable bonds is 8. The van der Waals surface area contributed by atoms with Gasteiger partial charge in [0.2, 0.25) is 0 Å². The van der Waals surface area contributed by atoms with Crippen LogP contribution in [0.4, 0.5) is 4.79 Å². The molecule has 20 heavy (non-hydrogen) atoms. The summed E-state index contributed by atoms with van der Waals surface area (Å²) < 4.78 is 5.38. The van der Waals surface area contributed by atoms with Crippen molar-refractivity contribution in [1.29, 1.82) is 0 Å². The van der Waals surface area contributed by atoms with Crippen molar-refractivity contribution >= 4 is 12.0 Å². The number of carbonyl (C=O) groups excluding carboxylic acids is 1. The van der Waals surface area contributed by atoms with E-state index < -0.39 is 17.5 Å². The van der Waals surface area contributed by atoms with Crippen LogP contribution < -0.4 is 10.6 Å². The van der Waals surface area contributed by atoms with Crippen molar-refractivity contribution in [3.63, 3.8) is 0 Å².